The van der Waals surface area contributed by atoms with Gasteiger partial charge in [0.25, 0.3) is 0 Å². The molecule has 0 aliphatic rings. The maximum absolute atomic E-state index is 12.8. The molecule has 64 heavy (non-hydrogen) atoms. The Hall–Kier alpha value is -4.71. The molecular formula is C58H88O6. The van der Waals surface area contributed by atoms with Crippen LogP contribution in [0, 0.1) is 0 Å². The fraction of sp³-hybridized carbons (Fsp3) is 0.534. The van der Waals surface area contributed by atoms with E-state index in [1.54, 1.807) is 0 Å². The van der Waals surface area contributed by atoms with Gasteiger partial charge >= 0.3 is 17.9 Å². The van der Waals surface area contributed by atoms with Gasteiger partial charge in [0.15, 0.2) is 6.10 Å². The van der Waals surface area contributed by atoms with E-state index in [-0.39, 0.29) is 44.0 Å². The van der Waals surface area contributed by atoms with E-state index in [9.17, 15) is 14.4 Å². The van der Waals surface area contributed by atoms with E-state index >= 15 is 0 Å². The summed E-state index contributed by atoms with van der Waals surface area (Å²) in [6, 6.07) is 0. The highest BCUT2D eigenvalue weighted by molar-refractivity contribution is 5.71. The van der Waals surface area contributed by atoms with Crippen LogP contribution in [0.3, 0.4) is 0 Å². The molecule has 0 aromatic carbocycles. The first-order valence-corrected chi connectivity index (χ1v) is 25.0. The molecule has 0 rings (SSSR count). The molecule has 0 spiro atoms. The molecule has 6 heteroatoms. The zero-order chi connectivity index (χ0) is 46.5. The van der Waals surface area contributed by atoms with Crippen LogP contribution in [0.1, 0.15) is 181 Å². The van der Waals surface area contributed by atoms with E-state index in [2.05, 4.69) is 75.5 Å². The van der Waals surface area contributed by atoms with Crippen molar-refractivity contribution in [2.45, 2.75) is 187 Å². The third kappa shape index (κ3) is 48.3. The summed E-state index contributed by atoms with van der Waals surface area (Å²) < 4.78 is 16.7. The van der Waals surface area contributed by atoms with E-state index in [0.29, 0.717) is 12.8 Å². The molecule has 0 heterocycles. The SMILES string of the molecule is CC/C=C/C=C/C=C/C=C/C=C/CCCC(=O)OCC(COC(=O)CCCCCCC/C=C/C=C/C=C/C=C/C=C/CCC)OC(=O)CCCCCCCC/C=C/C=C/CCCCC. The molecule has 0 saturated heterocycles. The normalized spacial score (nSPS) is 13.4. The molecule has 356 valence electrons. The summed E-state index contributed by atoms with van der Waals surface area (Å²) in [5.41, 5.74) is 0. The average Bonchev–Trinajstić information content (AvgIpc) is 3.29. The smallest absolute Gasteiger partial charge is 0.306 e. The van der Waals surface area contributed by atoms with Gasteiger partial charge in [-0.25, -0.2) is 0 Å². The summed E-state index contributed by atoms with van der Waals surface area (Å²) in [6.45, 7) is 6.25. The predicted octanol–water partition coefficient (Wildman–Crippen LogP) is 16.5. The molecular weight excluding hydrogens is 793 g/mol. The Morgan fingerprint density at radius 2 is 0.656 bits per heavy atom. The lowest BCUT2D eigenvalue weighted by molar-refractivity contribution is -0.167. The quantitative estimate of drug-likeness (QED) is 0.0263. The van der Waals surface area contributed by atoms with Crippen molar-refractivity contribution in [2.75, 3.05) is 13.2 Å². The van der Waals surface area contributed by atoms with Crippen LogP contribution >= 0.6 is 0 Å². The van der Waals surface area contributed by atoms with Gasteiger partial charge in [-0.2, -0.15) is 0 Å². The Kier molecular flexibility index (Phi) is 47.2. The van der Waals surface area contributed by atoms with Crippen molar-refractivity contribution in [3.05, 3.63) is 146 Å². The molecule has 0 aromatic rings. The van der Waals surface area contributed by atoms with Crippen LogP contribution in [0.25, 0.3) is 0 Å². The fourth-order valence-corrected chi connectivity index (χ4v) is 6.08. The number of hydrogen-bond donors (Lipinski definition) is 0. The van der Waals surface area contributed by atoms with Crippen LogP contribution in [-0.2, 0) is 28.6 Å². The van der Waals surface area contributed by atoms with E-state index < -0.39 is 6.10 Å². The Morgan fingerprint density at radius 3 is 1.09 bits per heavy atom. The van der Waals surface area contributed by atoms with Gasteiger partial charge < -0.3 is 14.2 Å². The number of allylic oxidation sites excluding steroid dienone is 24. The second kappa shape index (κ2) is 50.9. The van der Waals surface area contributed by atoms with E-state index in [1.807, 2.05) is 91.1 Å². The summed E-state index contributed by atoms with van der Waals surface area (Å²) >= 11 is 0. The molecule has 0 aliphatic carbocycles. The highest BCUT2D eigenvalue weighted by atomic mass is 16.6. The molecule has 1 atom stereocenters. The summed E-state index contributed by atoms with van der Waals surface area (Å²) in [5.74, 6) is -1.05. The zero-order valence-corrected chi connectivity index (χ0v) is 40.5. The van der Waals surface area contributed by atoms with Crippen molar-refractivity contribution in [1.82, 2.24) is 0 Å². The predicted molar refractivity (Wildman–Crippen MR) is 274 cm³/mol. The van der Waals surface area contributed by atoms with Gasteiger partial charge in [0.2, 0.25) is 0 Å². The zero-order valence-electron chi connectivity index (χ0n) is 40.5. The Bertz CT molecular complexity index is 1480. The number of hydrogen-bond acceptors (Lipinski definition) is 6. The van der Waals surface area contributed by atoms with Gasteiger partial charge in [-0.1, -0.05) is 231 Å². The van der Waals surface area contributed by atoms with Crippen molar-refractivity contribution < 1.29 is 28.6 Å². The molecule has 0 aromatic heterocycles. The second-order valence-electron chi connectivity index (χ2n) is 15.9. The lowest BCUT2D eigenvalue weighted by Gasteiger charge is -2.18. The summed E-state index contributed by atoms with van der Waals surface area (Å²) in [5, 5.41) is 0. The molecule has 0 N–H and O–H groups in total. The van der Waals surface area contributed by atoms with Crippen molar-refractivity contribution in [2.24, 2.45) is 0 Å². The van der Waals surface area contributed by atoms with E-state index in [1.165, 1.54) is 38.5 Å². The molecule has 0 radical (unpaired) electrons. The number of rotatable bonds is 42. The highest BCUT2D eigenvalue weighted by Crippen LogP contribution is 2.12. The molecule has 0 amide bonds. The number of ether oxygens (including phenoxy) is 3. The third-order valence-corrected chi connectivity index (χ3v) is 9.81. The minimum absolute atomic E-state index is 0.126. The maximum Gasteiger partial charge on any atom is 0.306 e. The molecule has 1 unspecified atom stereocenters. The van der Waals surface area contributed by atoms with Crippen molar-refractivity contribution in [1.29, 1.82) is 0 Å². The topological polar surface area (TPSA) is 78.9 Å². The highest BCUT2D eigenvalue weighted by Gasteiger charge is 2.19. The first kappa shape index (κ1) is 59.3. The standard InChI is InChI=1S/C58H88O6/c1-4-7-10-13-16-19-22-25-27-28-29-31-33-36-39-42-45-48-51-57(60)63-54-55(53-62-56(59)50-47-44-41-38-35-32-24-21-18-15-12-9-6-3)64-58(61)52-49-46-43-40-37-34-30-26-23-20-17-14-11-8-5-2/h9-10,12-13,15-29,31-32,35,38,41,55H,4-8,11,14,30,33-34,36-37,39-40,42-54H2,1-3H3/b12-9+,13-10+,18-15+,19-16+,20-17+,24-21+,25-22+,26-23+,28-27+,31-29+,35-32+,41-38+. The summed E-state index contributed by atoms with van der Waals surface area (Å²) in [4.78, 5) is 37.9. The van der Waals surface area contributed by atoms with Gasteiger partial charge in [0.1, 0.15) is 13.2 Å². The van der Waals surface area contributed by atoms with Gasteiger partial charge in [-0.15, -0.1) is 0 Å². The minimum Gasteiger partial charge on any atom is -0.462 e. The van der Waals surface area contributed by atoms with Crippen LogP contribution in [0.4, 0.5) is 0 Å². The number of esters is 3. The van der Waals surface area contributed by atoms with E-state index in [0.717, 1.165) is 96.3 Å². The van der Waals surface area contributed by atoms with E-state index in [4.69, 9.17) is 14.2 Å². The fourth-order valence-electron chi connectivity index (χ4n) is 6.08. The molecule has 0 aliphatic heterocycles. The van der Waals surface area contributed by atoms with Crippen LogP contribution in [0.5, 0.6) is 0 Å². The Morgan fingerprint density at radius 1 is 0.328 bits per heavy atom. The van der Waals surface area contributed by atoms with Crippen molar-refractivity contribution in [3.8, 4) is 0 Å². The van der Waals surface area contributed by atoms with Crippen molar-refractivity contribution >= 4 is 17.9 Å². The van der Waals surface area contributed by atoms with Crippen LogP contribution in [-0.4, -0.2) is 37.2 Å². The number of carbonyl (C=O) groups is 3. The van der Waals surface area contributed by atoms with Crippen molar-refractivity contribution in [3.63, 3.8) is 0 Å². The second-order valence-corrected chi connectivity index (χ2v) is 15.9. The van der Waals surface area contributed by atoms with Gasteiger partial charge in [0, 0.05) is 19.3 Å². The molecule has 6 nitrogen and oxygen atoms in total. The maximum atomic E-state index is 12.8. The number of unbranched alkanes of at least 4 members (excludes halogenated alkanes) is 16. The van der Waals surface area contributed by atoms with Gasteiger partial charge in [0.05, 0.1) is 0 Å². The lowest BCUT2D eigenvalue weighted by Crippen LogP contribution is -2.30. The van der Waals surface area contributed by atoms with Crippen LogP contribution in [0.2, 0.25) is 0 Å². The Balaban J connectivity index is 4.59. The number of carbonyl (C=O) groups excluding carboxylic acids is 3. The first-order chi connectivity index (χ1) is 31.5. The minimum atomic E-state index is -0.830. The third-order valence-electron chi connectivity index (χ3n) is 9.81. The first-order valence-electron chi connectivity index (χ1n) is 25.0. The lowest BCUT2D eigenvalue weighted by atomic mass is 10.1. The van der Waals surface area contributed by atoms with Crippen LogP contribution < -0.4 is 0 Å². The largest absolute Gasteiger partial charge is 0.462 e. The summed E-state index contributed by atoms with van der Waals surface area (Å²) in [6.07, 6.45) is 72.5. The molecule has 0 saturated carbocycles. The molecule has 0 fully saturated rings. The average molecular weight is 881 g/mol. The summed E-state index contributed by atoms with van der Waals surface area (Å²) in [7, 11) is 0. The Labute approximate surface area is 391 Å². The monoisotopic (exact) mass is 881 g/mol. The van der Waals surface area contributed by atoms with Gasteiger partial charge in [-0.3, -0.25) is 14.4 Å². The van der Waals surface area contributed by atoms with Crippen LogP contribution in [0.15, 0.2) is 146 Å². The molecule has 0 bridgehead atoms. The van der Waals surface area contributed by atoms with Gasteiger partial charge in [-0.05, 0) is 77.0 Å².